The Morgan fingerprint density at radius 3 is 2.83 bits per heavy atom. The maximum atomic E-state index is 5.84. The van der Waals surface area contributed by atoms with E-state index in [1.807, 2.05) is 11.3 Å². The first-order valence-electron chi connectivity index (χ1n) is 6.47. The molecule has 3 atom stereocenters. The van der Waals surface area contributed by atoms with Crippen molar-refractivity contribution in [3.8, 4) is 0 Å². The second kappa shape index (κ2) is 6.84. The predicted octanol–water partition coefficient (Wildman–Crippen LogP) is 4.74. The standard InChI is InChI=1S/C13H19Br2NOS/c1-3-10-8(5-6-17-10)12(16-4-2)11-7-9(14)13(15)18-11/h7-8,10,12,16H,3-6H2,1-2H3. The Labute approximate surface area is 130 Å². The van der Waals surface area contributed by atoms with Crippen LogP contribution in [0, 0.1) is 5.92 Å². The molecule has 1 saturated heterocycles. The number of halogens is 2. The highest BCUT2D eigenvalue weighted by atomic mass is 79.9. The van der Waals surface area contributed by atoms with Crippen LogP contribution in [0.1, 0.15) is 37.6 Å². The molecule has 1 aliphatic rings. The number of hydrogen-bond acceptors (Lipinski definition) is 3. The van der Waals surface area contributed by atoms with Gasteiger partial charge in [-0.15, -0.1) is 11.3 Å². The molecule has 18 heavy (non-hydrogen) atoms. The molecular weight excluding hydrogens is 378 g/mol. The van der Waals surface area contributed by atoms with E-state index in [9.17, 15) is 0 Å². The number of ether oxygens (including phenoxy) is 1. The van der Waals surface area contributed by atoms with Crippen molar-refractivity contribution in [2.24, 2.45) is 5.92 Å². The predicted molar refractivity (Wildman–Crippen MR) is 84.3 cm³/mol. The van der Waals surface area contributed by atoms with E-state index in [1.54, 1.807) is 0 Å². The Morgan fingerprint density at radius 2 is 2.28 bits per heavy atom. The fourth-order valence-electron chi connectivity index (χ4n) is 2.67. The molecule has 0 aliphatic carbocycles. The van der Waals surface area contributed by atoms with Gasteiger partial charge < -0.3 is 10.1 Å². The Balaban J connectivity index is 2.21. The molecule has 5 heteroatoms. The lowest BCUT2D eigenvalue weighted by molar-refractivity contribution is 0.0779. The molecule has 0 saturated carbocycles. The first-order valence-corrected chi connectivity index (χ1v) is 8.87. The van der Waals surface area contributed by atoms with Gasteiger partial charge in [0, 0.05) is 27.9 Å². The van der Waals surface area contributed by atoms with Crippen LogP contribution in [0.4, 0.5) is 0 Å². The quantitative estimate of drug-likeness (QED) is 0.775. The zero-order chi connectivity index (χ0) is 13.1. The van der Waals surface area contributed by atoms with Crippen LogP contribution in [-0.4, -0.2) is 19.3 Å². The zero-order valence-corrected chi connectivity index (χ0v) is 14.7. The molecule has 2 nitrogen and oxygen atoms in total. The molecule has 0 aromatic carbocycles. The van der Waals surface area contributed by atoms with Crippen LogP contribution in [0.25, 0.3) is 0 Å². The minimum Gasteiger partial charge on any atom is -0.378 e. The Hall–Kier alpha value is 0.580. The highest BCUT2D eigenvalue weighted by Gasteiger charge is 2.35. The molecule has 0 radical (unpaired) electrons. The SMILES string of the molecule is CCNC(c1cc(Br)c(Br)s1)C1CCOC1CC. The first kappa shape index (κ1) is 15.0. The van der Waals surface area contributed by atoms with Gasteiger partial charge in [-0.1, -0.05) is 13.8 Å². The summed E-state index contributed by atoms with van der Waals surface area (Å²) < 4.78 is 8.17. The van der Waals surface area contributed by atoms with E-state index in [2.05, 4.69) is 57.1 Å². The molecule has 2 rings (SSSR count). The van der Waals surface area contributed by atoms with Gasteiger partial charge in [-0.05, 0) is 57.3 Å². The lowest BCUT2D eigenvalue weighted by Crippen LogP contribution is -2.32. The van der Waals surface area contributed by atoms with Crippen molar-refractivity contribution in [1.82, 2.24) is 5.32 Å². The number of nitrogens with one attached hydrogen (secondary N) is 1. The third kappa shape index (κ3) is 3.18. The number of hydrogen-bond donors (Lipinski definition) is 1. The summed E-state index contributed by atoms with van der Waals surface area (Å²) in [5.74, 6) is 0.590. The van der Waals surface area contributed by atoms with E-state index in [-0.39, 0.29) is 0 Å². The summed E-state index contributed by atoms with van der Waals surface area (Å²) in [5.41, 5.74) is 0. The van der Waals surface area contributed by atoms with Crippen molar-refractivity contribution < 1.29 is 4.74 Å². The van der Waals surface area contributed by atoms with E-state index in [4.69, 9.17) is 4.74 Å². The van der Waals surface area contributed by atoms with Crippen LogP contribution in [0.15, 0.2) is 14.3 Å². The van der Waals surface area contributed by atoms with E-state index in [0.29, 0.717) is 18.1 Å². The van der Waals surface area contributed by atoms with Crippen molar-refractivity contribution in [3.63, 3.8) is 0 Å². The Bertz CT molecular complexity index is 377. The zero-order valence-electron chi connectivity index (χ0n) is 10.7. The Morgan fingerprint density at radius 1 is 1.50 bits per heavy atom. The lowest BCUT2D eigenvalue weighted by atomic mass is 9.90. The number of thiophene rings is 1. The molecule has 2 heterocycles. The highest BCUT2D eigenvalue weighted by molar-refractivity contribution is 9.13. The van der Waals surface area contributed by atoms with E-state index >= 15 is 0 Å². The maximum absolute atomic E-state index is 5.84. The van der Waals surface area contributed by atoms with Gasteiger partial charge in [0.25, 0.3) is 0 Å². The summed E-state index contributed by atoms with van der Waals surface area (Å²) in [6.45, 7) is 6.28. The summed E-state index contributed by atoms with van der Waals surface area (Å²) in [7, 11) is 0. The minimum atomic E-state index is 0.397. The van der Waals surface area contributed by atoms with Crippen LogP contribution in [-0.2, 0) is 4.74 Å². The summed E-state index contributed by atoms with van der Waals surface area (Å²) in [6, 6.07) is 2.64. The molecule has 0 spiro atoms. The van der Waals surface area contributed by atoms with Crippen molar-refractivity contribution in [2.45, 2.75) is 38.8 Å². The first-order chi connectivity index (χ1) is 8.67. The van der Waals surface area contributed by atoms with Gasteiger partial charge in [-0.3, -0.25) is 0 Å². The van der Waals surface area contributed by atoms with Crippen LogP contribution in [0.2, 0.25) is 0 Å². The third-order valence-electron chi connectivity index (χ3n) is 3.49. The van der Waals surface area contributed by atoms with Crippen LogP contribution in [0.3, 0.4) is 0 Å². The molecule has 0 amide bonds. The monoisotopic (exact) mass is 395 g/mol. The normalized spacial score (nSPS) is 25.6. The van der Waals surface area contributed by atoms with Crippen LogP contribution in [0.5, 0.6) is 0 Å². The van der Waals surface area contributed by atoms with E-state index in [0.717, 1.165) is 30.5 Å². The molecule has 0 bridgehead atoms. The third-order valence-corrected chi connectivity index (χ3v) is 6.83. The van der Waals surface area contributed by atoms with Crippen molar-refractivity contribution >= 4 is 43.2 Å². The minimum absolute atomic E-state index is 0.397. The molecule has 1 aromatic rings. The largest absolute Gasteiger partial charge is 0.378 e. The fraction of sp³-hybridized carbons (Fsp3) is 0.692. The van der Waals surface area contributed by atoms with E-state index < -0.39 is 0 Å². The average Bonchev–Trinajstić information content (AvgIpc) is 2.94. The van der Waals surface area contributed by atoms with Gasteiger partial charge in [-0.2, -0.15) is 0 Å². The summed E-state index contributed by atoms with van der Waals surface area (Å²) in [4.78, 5) is 1.39. The highest BCUT2D eigenvalue weighted by Crippen LogP contribution is 2.41. The molecule has 102 valence electrons. The molecule has 1 fully saturated rings. The molecule has 1 aliphatic heterocycles. The molecule has 1 N–H and O–H groups in total. The van der Waals surface area contributed by atoms with Gasteiger partial charge >= 0.3 is 0 Å². The lowest BCUT2D eigenvalue weighted by Gasteiger charge is -2.27. The van der Waals surface area contributed by atoms with Gasteiger partial charge in [0.15, 0.2) is 0 Å². The molecule has 1 aromatic heterocycles. The van der Waals surface area contributed by atoms with Crippen molar-refractivity contribution in [2.75, 3.05) is 13.2 Å². The summed E-state index contributed by atoms with van der Waals surface area (Å²) in [5, 5.41) is 3.63. The van der Waals surface area contributed by atoms with Crippen LogP contribution >= 0.6 is 43.2 Å². The van der Waals surface area contributed by atoms with Gasteiger partial charge in [0.05, 0.1) is 9.89 Å². The topological polar surface area (TPSA) is 21.3 Å². The number of rotatable bonds is 5. The van der Waals surface area contributed by atoms with Crippen molar-refractivity contribution in [3.05, 3.63) is 19.2 Å². The second-order valence-corrected chi connectivity index (χ2v) is 7.83. The molecule has 3 unspecified atom stereocenters. The average molecular weight is 397 g/mol. The second-order valence-electron chi connectivity index (χ2n) is 4.58. The summed E-state index contributed by atoms with van der Waals surface area (Å²) in [6.07, 6.45) is 2.65. The van der Waals surface area contributed by atoms with Gasteiger partial charge in [0.1, 0.15) is 0 Å². The van der Waals surface area contributed by atoms with Crippen molar-refractivity contribution in [1.29, 1.82) is 0 Å². The fourth-order valence-corrected chi connectivity index (χ4v) is 4.91. The summed E-state index contributed by atoms with van der Waals surface area (Å²) >= 11 is 8.98. The van der Waals surface area contributed by atoms with Gasteiger partial charge in [-0.25, -0.2) is 0 Å². The Kier molecular flexibility index (Phi) is 5.69. The van der Waals surface area contributed by atoms with Gasteiger partial charge in [0.2, 0.25) is 0 Å². The molecular formula is C13H19Br2NOS. The van der Waals surface area contributed by atoms with E-state index in [1.165, 1.54) is 8.66 Å². The maximum Gasteiger partial charge on any atom is 0.0843 e. The smallest absolute Gasteiger partial charge is 0.0843 e. The van der Waals surface area contributed by atoms with Crippen LogP contribution < -0.4 is 5.32 Å².